The molecule has 1 aromatic rings. The molecule has 1 aliphatic rings. The molecule has 1 atom stereocenters. The van der Waals surface area contributed by atoms with Crippen LogP contribution in [0.25, 0.3) is 0 Å². The fourth-order valence-corrected chi connectivity index (χ4v) is 2.62. The second-order valence-electron chi connectivity index (χ2n) is 5.41. The average molecular weight is 317 g/mol. The summed E-state index contributed by atoms with van der Waals surface area (Å²) in [7, 11) is 1.64. The van der Waals surface area contributed by atoms with Crippen molar-refractivity contribution in [2.45, 2.75) is 25.3 Å². The number of aryl methyl sites for hydroxylation is 1. The molecule has 2 N–H and O–H groups in total. The second-order valence-corrected chi connectivity index (χ2v) is 5.41. The van der Waals surface area contributed by atoms with Crippen LogP contribution in [0.2, 0.25) is 0 Å². The van der Waals surface area contributed by atoms with Crippen LogP contribution in [0.5, 0.6) is 0 Å². The Morgan fingerprint density at radius 2 is 2.29 bits per heavy atom. The zero-order valence-electron chi connectivity index (χ0n) is 12.4. The molecule has 21 heavy (non-hydrogen) atoms. The number of carbonyl (C=O) groups excluding carboxylic acids is 1. The van der Waals surface area contributed by atoms with E-state index >= 15 is 0 Å². The molecular formula is C15H22ClFN2O2. The van der Waals surface area contributed by atoms with Crippen LogP contribution in [-0.2, 0) is 4.74 Å². The molecule has 1 unspecified atom stereocenters. The third-order valence-electron chi connectivity index (χ3n) is 3.71. The van der Waals surface area contributed by atoms with E-state index in [1.807, 2.05) is 0 Å². The van der Waals surface area contributed by atoms with E-state index in [0.717, 1.165) is 24.9 Å². The second kappa shape index (κ2) is 7.73. The van der Waals surface area contributed by atoms with Crippen LogP contribution in [-0.4, -0.2) is 38.3 Å². The zero-order valence-corrected chi connectivity index (χ0v) is 13.2. The number of nitrogens with one attached hydrogen (secondary N) is 2. The number of hydrogen-bond acceptors (Lipinski definition) is 3. The van der Waals surface area contributed by atoms with Crippen LogP contribution in [0.4, 0.5) is 4.39 Å². The Labute approximate surface area is 130 Å². The predicted molar refractivity (Wildman–Crippen MR) is 82.6 cm³/mol. The highest BCUT2D eigenvalue weighted by molar-refractivity contribution is 5.94. The molecule has 6 heteroatoms. The van der Waals surface area contributed by atoms with E-state index in [-0.39, 0.29) is 29.4 Å². The molecule has 1 amide bonds. The van der Waals surface area contributed by atoms with Gasteiger partial charge in [-0.1, -0.05) is 6.07 Å². The molecule has 0 aliphatic carbocycles. The average Bonchev–Trinajstić information content (AvgIpc) is 2.85. The summed E-state index contributed by atoms with van der Waals surface area (Å²) in [5.41, 5.74) is 0.652. The topological polar surface area (TPSA) is 50.4 Å². The maximum absolute atomic E-state index is 13.7. The zero-order chi connectivity index (χ0) is 14.6. The quantitative estimate of drug-likeness (QED) is 0.874. The van der Waals surface area contributed by atoms with E-state index < -0.39 is 5.82 Å². The van der Waals surface area contributed by atoms with Crippen molar-refractivity contribution in [1.29, 1.82) is 0 Å². The Kier molecular flexibility index (Phi) is 6.58. The highest BCUT2D eigenvalue weighted by Crippen LogP contribution is 2.19. The number of hydrogen-bond donors (Lipinski definition) is 2. The third-order valence-corrected chi connectivity index (χ3v) is 3.71. The summed E-state index contributed by atoms with van der Waals surface area (Å²) in [6, 6.07) is 4.62. The monoisotopic (exact) mass is 316 g/mol. The van der Waals surface area contributed by atoms with Gasteiger partial charge in [0.15, 0.2) is 0 Å². The van der Waals surface area contributed by atoms with Gasteiger partial charge in [0, 0.05) is 13.7 Å². The summed E-state index contributed by atoms with van der Waals surface area (Å²) >= 11 is 0. The maximum Gasteiger partial charge on any atom is 0.254 e. The molecule has 118 valence electrons. The molecule has 0 radical (unpaired) electrons. The lowest BCUT2D eigenvalue weighted by Crippen LogP contribution is -2.53. The normalized spacial score (nSPS) is 20.9. The lowest BCUT2D eigenvalue weighted by Gasteiger charge is -2.29. The summed E-state index contributed by atoms with van der Waals surface area (Å²) < 4.78 is 19.0. The first-order valence-corrected chi connectivity index (χ1v) is 6.85. The van der Waals surface area contributed by atoms with E-state index in [1.54, 1.807) is 20.1 Å². The Hall–Kier alpha value is -1.17. The molecule has 1 aromatic carbocycles. The van der Waals surface area contributed by atoms with Crippen LogP contribution in [0.3, 0.4) is 0 Å². The summed E-state index contributed by atoms with van der Waals surface area (Å²) in [5, 5.41) is 6.17. The Balaban J connectivity index is 0.00000220. The standard InChI is InChI=1S/C15H21FN2O2.ClH/c1-11-4-5-12(13(16)8-11)14(19)17-9-15(10-20-2)6-3-7-18-15;/h4-5,8,18H,3,6-7,9-10H2,1-2H3,(H,17,19);1H. The van der Waals surface area contributed by atoms with Gasteiger partial charge in [0.05, 0.1) is 17.7 Å². The van der Waals surface area contributed by atoms with Crippen molar-refractivity contribution < 1.29 is 13.9 Å². The SMILES string of the molecule is COCC1(CNC(=O)c2ccc(C)cc2F)CCCN1.Cl. The van der Waals surface area contributed by atoms with Gasteiger partial charge in [0.1, 0.15) is 5.82 Å². The summed E-state index contributed by atoms with van der Waals surface area (Å²) in [6.07, 6.45) is 2.00. The molecule has 0 spiro atoms. The first-order chi connectivity index (χ1) is 9.56. The third kappa shape index (κ3) is 4.40. The van der Waals surface area contributed by atoms with Gasteiger partial charge in [-0.3, -0.25) is 4.79 Å². The number of benzene rings is 1. The van der Waals surface area contributed by atoms with Crippen LogP contribution >= 0.6 is 12.4 Å². The number of ether oxygens (including phenoxy) is 1. The van der Waals surface area contributed by atoms with E-state index in [4.69, 9.17) is 4.74 Å². The molecular weight excluding hydrogens is 295 g/mol. The Bertz CT molecular complexity index is 491. The van der Waals surface area contributed by atoms with Crippen molar-refractivity contribution in [3.63, 3.8) is 0 Å². The first kappa shape index (κ1) is 17.9. The minimum absolute atomic E-state index is 0. The summed E-state index contributed by atoms with van der Waals surface area (Å²) in [6.45, 7) is 3.68. The van der Waals surface area contributed by atoms with Gasteiger partial charge in [-0.2, -0.15) is 0 Å². The van der Waals surface area contributed by atoms with Crippen molar-refractivity contribution in [1.82, 2.24) is 10.6 Å². The van der Waals surface area contributed by atoms with Crippen LogP contribution in [0, 0.1) is 12.7 Å². The van der Waals surface area contributed by atoms with Crippen molar-refractivity contribution in [2.75, 3.05) is 26.8 Å². The maximum atomic E-state index is 13.7. The molecule has 2 rings (SSSR count). The molecule has 1 fully saturated rings. The number of amides is 1. The molecule has 0 saturated carbocycles. The molecule has 0 bridgehead atoms. The van der Waals surface area contributed by atoms with E-state index in [9.17, 15) is 9.18 Å². The van der Waals surface area contributed by atoms with Crippen molar-refractivity contribution in [3.05, 3.63) is 35.1 Å². The van der Waals surface area contributed by atoms with Gasteiger partial charge >= 0.3 is 0 Å². The van der Waals surface area contributed by atoms with Gasteiger partial charge < -0.3 is 15.4 Å². The Morgan fingerprint density at radius 3 is 2.86 bits per heavy atom. The molecule has 1 heterocycles. The largest absolute Gasteiger partial charge is 0.383 e. The van der Waals surface area contributed by atoms with Crippen molar-refractivity contribution >= 4 is 18.3 Å². The van der Waals surface area contributed by atoms with Crippen molar-refractivity contribution in [2.24, 2.45) is 0 Å². The van der Waals surface area contributed by atoms with Crippen molar-refractivity contribution in [3.8, 4) is 0 Å². The first-order valence-electron chi connectivity index (χ1n) is 6.85. The van der Waals surface area contributed by atoms with E-state index in [0.29, 0.717) is 13.2 Å². The van der Waals surface area contributed by atoms with E-state index in [1.165, 1.54) is 12.1 Å². The smallest absolute Gasteiger partial charge is 0.254 e. The number of carbonyl (C=O) groups is 1. The highest BCUT2D eigenvalue weighted by Gasteiger charge is 2.33. The van der Waals surface area contributed by atoms with Crippen LogP contribution in [0.1, 0.15) is 28.8 Å². The highest BCUT2D eigenvalue weighted by atomic mass is 35.5. The lowest BCUT2D eigenvalue weighted by molar-refractivity contribution is 0.0888. The van der Waals surface area contributed by atoms with E-state index in [2.05, 4.69) is 10.6 Å². The molecule has 1 saturated heterocycles. The van der Waals surface area contributed by atoms with Gasteiger partial charge in [-0.25, -0.2) is 4.39 Å². The minimum atomic E-state index is -0.484. The van der Waals surface area contributed by atoms with Gasteiger partial charge in [-0.05, 0) is 44.0 Å². The summed E-state index contributed by atoms with van der Waals surface area (Å²) in [5.74, 6) is -0.866. The predicted octanol–water partition coefficient (Wildman–Crippen LogP) is 2.05. The number of rotatable bonds is 5. The fourth-order valence-electron chi connectivity index (χ4n) is 2.62. The summed E-state index contributed by atoms with van der Waals surface area (Å²) in [4.78, 5) is 12.1. The molecule has 4 nitrogen and oxygen atoms in total. The van der Waals surface area contributed by atoms with Gasteiger partial charge in [0.25, 0.3) is 5.91 Å². The van der Waals surface area contributed by atoms with Gasteiger partial charge in [0.2, 0.25) is 0 Å². The van der Waals surface area contributed by atoms with Gasteiger partial charge in [-0.15, -0.1) is 12.4 Å². The fraction of sp³-hybridized carbons (Fsp3) is 0.533. The van der Waals surface area contributed by atoms with Crippen LogP contribution < -0.4 is 10.6 Å². The van der Waals surface area contributed by atoms with Crippen LogP contribution in [0.15, 0.2) is 18.2 Å². The number of methoxy groups -OCH3 is 1. The number of halogens is 2. The molecule has 0 aromatic heterocycles. The lowest BCUT2D eigenvalue weighted by atomic mass is 9.98. The molecule has 1 aliphatic heterocycles. The Morgan fingerprint density at radius 1 is 1.52 bits per heavy atom. The minimum Gasteiger partial charge on any atom is -0.383 e.